The van der Waals surface area contributed by atoms with Crippen molar-refractivity contribution in [1.82, 2.24) is 5.32 Å². The van der Waals surface area contributed by atoms with Gasteiger partial charge in [0.05, 0.1) is 6.54 Å². The molecule has 2 rings (SSSR count). The Kier molecular flexibility index (Phi) is 4.98. The molecule has 1 heterocycles. The molecular weight excluding hydrogens is 270 g/mol. The summed E-state index contributed by atoms with van der Waals surface area (Å²) in [4.78, 5) is 13.8. The highest BCUT2D eigenvalue weighted by Gasteiger charge is 2.06. The molecule has 0 bridgehead atoms. The van der Waals surface area contributed by atoms with Gasteiger partial charge in [-0.05, 0) is 23.2 Å². The van der Waals surface area contributed by atoms with Crippen molar-refractivity contribution in [3.63, 3.8) is 0 Å². The summed E-state index contributed by atoms with van der Waals surface area (Å²) in [5.74, 6) is 0.998. The molecule has 7 nitrogen and oxygen atoms in total. The van der Waals surface area contributed by atoms with Gasteiger partial charge in [-0.25, -0.2) is 0 Å². The Morgan fingerprint density at radius 2 is 2.05 bits per heavy atom. The number of benzene rings is 1. The summed E-state index contributed by atoms with van der Waals surface area (Å²) in [7, 11) is 0. The predicted molar refractivity (Wildman–Crippen MR) is 77.9 cm³/mol. The summed E-state index contributed by atoms with van der Waals surface area (Å²) < 4.78 is 5.65. The lowest BCUT2D eigenvalue weighted by Crippen LogP contribution is -2.24. The van der Waals surface area contributed by atoms with Gasteiger partial charge in [0.25, 0.3) is 0 Å². The molecule has 0 saturated heterocycles. The first-order valence-electron chi connectivity index (χ1n) is 6.38. The molecule has 0 aliphatic heterocycles. The molecule has 0 aliphatic carbocycles. The third-order valence-corrected chi connectivity index (χ3v) is 2.87. The zero-order valence-electron chi connectivity index (χ0n) is 11.3. The number of rotatable bonds is 6. The minimum Gasteiger partial charge on any atom is -0.459 e. The number of furan rings is 1. The van der Waals surface area contributed by atoms with Crippen molar-refractivity contribution in [3.05, 3.63) is 58.2 Å². The minimum absolute atomic E-state index is 0.218. The van der Waals surface area contributed by atoms with Crippen LogP contribution in [0.25, 0.3) is 21.8 Å². The Bertz CT molecular complexity index is 656. The Morgan fingerprint density at radius 1 is 1.29 bits per heavy atom. The fourth-order valence-corrected chi connectivity index (χ4v) is 1.77. The molecule has 3 N–H and O–H groups in total. The van der Waals surface area contributed by atoms with E-state index in [1.165, 1.54) is 0 Å². The average Bonchev–Trinajstić information content (AvgIpc) is 3.00. The van der Waals surface area contributed by atoms with Crippen LogP contribution in [0.3, 0.4) is 0 Å². The molecule has 1 amide bonds. The number of nitrogens with two attached hydrogens (primary N) is 1. The number of carbonyl (C=O) groups is 1. The summed E-state index contributed by atoms with van der Waals surface area (Å²) in [5, 5.41) is 5.78. The van der Waals surface area contributed by atoms with E-state index < -0.39 is 0 Å². The van der Waals surface area contributed by atoms with E-state index in [-0.39, 0.29) is 19.0 Å². The smallest absolute Gasteiger partial charge is 0.226 e. The third-order valence-electron chi connectivity index (χ3n) is 2.87. The third kappa shape index (κ3) is 4.10. The molecular formula is C14H15N5O2. The van der Waals surface area contributed by atoms with Crippen LogP contribution in [0.2, 0.25) is 0 Å². The lowest BCUT2D eigenvalue weighted by molar-refractivity contribution is -0.119. The monoisotopic (exact) mass is 285 g/mol. The topological polar surface area (TPSA) is 117 Å². The summed E-state index contributed by atoms with van der Waals surface area (Å²) in [6.07, 6.45) is 0. The molecule has 2 aromatic rings. The van der Waals surface area contributed by atoms with Crippen LogP contribution in [0, 0.1) is 0 Å². The highest BCUT2D eigenvalue weighted by Crippen LogP contribution is 2.22. The first-order chi connectivity index (χ1) is 10.2. The van der Waals surface area contributed by atoms with Gasteiger partial charge in [0.15, 0.2) is 0 Å². The molecule has 0 unspecified atom stereocenters. The maximum atomic E-state index is 11.3. The van der Waals surface area contributed by atoms with Gasteiger partial charge in [0.2, 0.25) is 5.91 Å². The highest BCUT2D eigenvalue weighted by atomic mass is 16.3. The first kappa shape index (κ1) is 14.6. The highest BCUT2D eigenvalue weighted by molar-refractivity contribution is 5.78. The van der Waals surface area contributed by atoms with Gasteiger partial charge in [-0.15, -0.1) is 0 Å². The summed E-state index contributed by atoms with van der Waals surface area (Å²) >= 11 is 0. The molecule has 7 heteroatoms. The van der Waals surface area contributed by atoms with Crippen LogP contribution < -0.4 is 11.1 Å². The van der Waals surface area contributed by atoms with E-state index in [0.717, 1.165) is 16.9 Å². The molecule has 0 spiro atoms. The van der Waals surface area contributed by atoms with Gasteiger partial charge in [0.1, 0.15) is 18.1 Å². The average molecular weight is 285 g/mol. The lowest BCUT2D eigenvalue weighted by Gasteiger charge is -2.01. The summed E-state index contributed by atoms with van der Waals surface area (Å²) in [5.41, 5.74) is 15.7. The maximum absolute atomic E-state index is 11.3. The van der Waals surface area contributed by atoms with Crippen LogP contribution >= 0.6 is 0 Å². The van der Waals surface area contributed by atoms with Crippen LogP contribution in [-0.2, 0) is 17.9 Å². The number of azide groups is 1. The Labute approximate surface area is 121 Å². The molecule has 1 aromatic heterocycles. The molecule has 21 heavy (non-hydrogen) atoms. The first-order valence-corrected chi connectivity index (χ1v) is 6.38. The van der Waals surface area contributed by atoms with E-state index >= 15 is 0 Å². The van der Waals surface area contributed by atoms with Crippen molar-refractivity contribution in [3.8, 4) is 11.3 Å². The second-order valence-corrected chi connectivity index (χ2v) is 4.33. The van der Waals surface area contributed by atoms with E-state index in [1.807, 2.05) is 30.3 Å². The van der Waals surface area contributed by atoms with E-state index in [4.69, 9.17) is 15.7 Å². The zero-order chi connectivity index (χ0) is 15.1. The van der Waals surface area contributed by atoms with Gasteiger partial charge >= 0.3 is 0 Å². The van der Waals surface area contributed by atoms with E-state index in [2.05, 4.69) is 15.3 Å². The van der Waals surface area contributed by atoms with Crippen LogP contribution in [0.1, 0.15) is 11.3 Å². The number of nitrogens with one attached hydrogen (secondary N) is 1. The summed E-state index contributed by atoms with van der Waals surface area (Å²) in [6, 6.07) is 11.4. The molecule has 1 aromatic carbocycles. The number of nitrogens with zero attached hydrogens (tertiary/aromatic N) is 3. The van der Waals surface area contributed by atoms with Gasteiger partial charge in [-0.2, -0.15) is 0 Å². The van der Waals surface area contributed by atoms with Gasteiger partial charge in [-0.1, -0.05) is 29.4 Å². The molecule has 0 radical (unpaired) electrons. The second kappa shape index (κ2) is 7.14. The number of hydrogen-bond donors (Lipinski definition) is 2. The molecule has 0 saturated carbocycles. The van der Waals surface area contributed by atoms with Crippen LogP contribution in [0.5, 0.6) is 0 Å². The normalized spacial score (nSPS) is 9.95. The molecule has 0 fully saturated rings. The van der Waals surface area contributed by atoms with Gasteiger partial charge in [0, 0.05) is 17.0 Å². The predicted octanol–water partition coefficient (Wildman–Crippen LogP) is 2.33. The number of amides is 1. The van der Waals surface area contributed by atoms with Crippen LogP contribution in [0.15, 0.2) is 45.9 Å². The van der Waals surface area contributed by atoms with E-state index in [9.17, 15) is 4.79 Å². The largest absolute Gasteiger partial charge is 0.459 e. The van der Waals surface area contributed by atoms with Crippen molar-refractivity contribution >= 4 is 5.91 Å². The standard InChI is InChI=1S/C14H15N5O2/c15-7-10-1-3-11(4-2-10)13-6-5-12(21-13)8-17-14(20)9-18-19-16/h1-6H,7-9,15H2,(H,17,20). The SMILES string of the molecule is [N-]=[N+]=NCC(=O)NCc1ccc(-c2ccc(CN)cc2)o1. The molecule has 0 aliphatic rings. The Balaban J connectivity index is 1.97. The Hall–Kier alpha value is -2.76. The molecule has 0 atom stereocenters. The van der Waals surface area contributed by atoms with E-state index in [1.54, 1.807) is 6.07 Å². The van der Waals surface area contributed by atoms with Crippen molar-refractivity contribution in [2.45, 2.75) is 13.1 Å². The second-order valence-electron chi connectivity index (χ2n) is 4.33. The van der Waals surface area contributed by atoms with Crippen molar-refractivity contribution in [1.29, 1.82) is 0 Å². The zero-order valence-corrected chi connectivity index (χ0v) is 11.3. The van der Waals surface area contributed by atoms with Crippen LogP contribution in [-0.4, -0.2) is 12.5 Å². The number of carbonyl (C=O) groups excluding carboxylic acids is 1. The fourth-order valence-electron chi connectivity index (χ4n) is 1.77. The Morgan fingerprint density at radius 3 is 2.71 bits per heavy atom. The molecule has 108 valence electrons. The quantitative estimate of drug-likeness (QED) is 0.481. The van der Waals surface area contributed by atoms with Crippen molar-refractivity contribution in [2.24, 2.45) is 10.8 Å². The number of hydrogen-bond acceptors (Lipinski definition) is 4. The van der Waals surface area contributed by atoms with Crippen LogP contribution in [0.4, 0.5) is 0 Å². The van der Waals surface area contributed by atoms with Gasteiger partial charge in [-0.3, -0.25) is 4.79 Å². The van der Waals surface area contributed by atoms with Crippen molar-refractivity contribution in [2.75, 3.05) is 6.54 Å². The van der Waals surface area contributed by atoms with E-state index in [0.29, 0.717) is 12.3 Å². The summed E-state index contributed by atoms with van der Waals surface area (Å²) in [6.45, 7) is 0.534. The minimum atomic E-state index is -0.349. The van der Waals surface area contributed by atoms with Crippen molar-refractivity contribution < 1.29 is 9.21 Å². The fraction of sp³-hybridized carbons (Fsp3) is 0.214. The maximum Gasteiger partial charge on any atom is 0.226 e. The lowest BCUT2D eigenvalue weighted by atomic mass is 10.1. The van der Waals surface area contributed by atoms with Gasteiger partial charge < -0.3 is 15.5 Å².